The number of pyridine rings is 1. The minimum absolute atomic E-state index is 0.461. The van der Waals surface area contributed by atoms with Crippen LogP contribution in [0.15, 0.2) is 22.7 Å². The summed E-state index contributed by atoms with van der Waals surface area (Å²) in [5, 5.41) is 10.4. The second-order valence-corrected chi connectivity index (χ2v) is 6.69. The third-order valence-corrected chi connectivity index (χ3v) is 4.82. The van der Waals surface area contributed by atoms with Gasteiger partial charge in [-0.1, -0.05) is 41.8 Å². The Kier molecular flexibility index (Phi) is 3.98. The molecule has 1 unspecified atom stereocenters. The molecule has 0 spiro atoms. The quantitative estimate of drug-likeness (QED) is 0.882. The van der Waals surface area contributed by atoms with Crippen molar-refractivity contribution in [1.29, 1.82) is 0 Å². The van der Waals surface area contributed by atoms with Crippen LogP contribution in [0, 0.1) is 5.92 Å². The maximum absolute atomic E-state index is 11.8. The minimum Gasteiger partial charge on any atom is -0.478 e. The number of halogens is 1. The number of hydrogen-bond donors (Lipinski definition) is 1. The summed E-state index contributed by atoms with van der Waals surface area (Å²) < 4.78 is 0.929. The van der Waals surface area contributed by atoms with E-state index >= 15 is 0 Å². The van der Waals surface area contributed by atoms with Gasteiger partial charge < -0.3 is 5.11 Å². The van der Waals surface area contributed by atoms with Crippen LogP contribution < -0.4 is 0 Å². The van der Waals surface area contributed by atoms with Crippen LogP contribution in [0.4, 0.5) is 0 Å². The van der Waals surface area contributed by atoms with Crippen molar-refractivity contribution >= 4 is 32.8 Å². The summed E-state index contributed by atoms with van der Waals surface area (Å²) in [5.41, 5.74) is 3.17. The second kappa shape index (κ2) is 5.76. The smallest absolute Gasteiger partial charge is 0.336 e. The van der Waals surface area contributed by atoms with E-state index in [1.165, 1.54) is 0 Å². The van der Waals surface area contributed by atoms with Crippen LogP contribution in [0.2, 0.25) is 0 Å². The highest BCUT2D eigenvalue weighted by molar-refractivity contribution is 9.10. The van der Waals surface area contributed by atoms with E-state index in [1.807, 2.05) is 18.2 Å². The molecule has 1 aromatic carbocycles. The molecule has 1 aliphatic carbocycles. The highest BCUT2D eigenvalue weighted by Gasteiger charge is 2.26. The lowest BCUT2D eigenvalue weighted by Crippen LogP contribution is -2.19. The van der Waals surface area contributed by atoms with Crippen molar-refractivity contribution in [3.63, 3.8) is 0 Å². The summed E-state index contributed by atoms with van der Waals surface area (Å²) in [6.45, 7) is 2.18. The zero-order chi connectivity index (χ0) is 15.0. The van der Waals surface area contributed by atoms with E-state index in [1.54, 1.807) is 0 Å². The Balaban J connectivity index is 2.20. The van der Waals surface area contributed by atoms with Gasteiger partial charge in [-0.25, -0.2) is 4.79 Å². The van der Waals surface area contributed by atoms with Crippen molar-refractivity contribution in [2.75, 3.05) is 0 Å². The van der Waals surface area contributed by atoms with Crippen LogP contribution in [-0.2, 0) is 12.8 Å². The predicted molar refractivity (Wildman–Crippen MR) is 86.8 cm³/mol. The van der Waals surface area contributed by atoms with Crippen LogP contribution in [0.3, 0.4) is 0 Å². The molecule has 1 atom stereocenters. The highest BCUT2D eigenvalue weighted by atomic mass is 79.9. The second-order valence-electron chi connectivity index (χ2n) is 5.78. The molecule has 0 saturated heterocycles. The number of aromatic carboxylic acids is 1. The number of fused-ring (bicyclic) bond motifs is 2. The molecule has 4 heteroatoms. The lowest BCUT2D eigenvalue weighted by Gasteiger charge is -2.25. The number of hydrogen-bond acceptors (Lipinski definition) is 2. The van der Waals surface area contributed by atoms with Gasteiger partial charge in [-0.05, 0) is 42.9 Å². The number of benzene rings is 1. The molecule has 3 rings (SSSR count). The number of carboxylic acids is 1. The van der Waals surface area contributed by atoms with Crippen LogP contribution in [0.25, 0.3) is 10.9 Å². The number of carbonyl (C=O) groups is 1. The Morgan fingerprint density at radius 2 is 2.29 bits per heavy atom. The average molecular weight is 348 g/mol. The first-order chi connectivity index (χ1) is 10.1. The Bertz CT molecular complexity index is 711. The number of nitrogens with zero attached hydrogens (tertiary/aromatic N) is 1. The number of aryl methyl sites for hydroxylation is 1. The van der Waals surface area contributed by atoms with Crippen molar-refractivity contribution in [3.8, 4) is 0 Å². The van der Waals surface area contributed by atoms with E-state index in [4.69, 9.17) is 4.98 Å². The first kappa shape index (κ1) is 14.5. The molecule has 1 heterocycles. The third-order valence-electron chi connectivity index (χ3n) is 4.33. The van der Waals surface area contributed by atoms with Crippen LogP contribution in [0.1, 0.15) is 47.8 Å². The maximum atomic E-state index is 11.8. The van der Waals surface area contributed by atoms with Crippen molar-refractivity contribution in [2.24, 2.45) is 5.92 Å². The van der Waals surface area contributed by atoms with Gasteiger partial charge >= 0.3 is 5.97 Å². The third kappa shape index (κ3) is 2.69. The number of aromatic nitrogens is 1. The molecule has 0 aliphatic heterocycles. The van der Waals surface area contributed by atoms with Gasteiger partial charge in [-0.3, -0.25) is 4.98 Å². The molecule has 3 nitrogen and oxygen atoms in total. The topological polar surface area (TPSA) is 50.2 Å². The molecule has 0 saturated carbocycles. The molecule has 2 aromatic rings. The molecule has 1 N–H and O–H groups in total. The fraction of sp³-hybridized carbons (Fsp3) is 0.412. The molecule has 0 bridgehead atoms. The van der Waals surface area contributed by atoms with E-state index < -0.39 is 5.97 Å². The fourth-order valence-electron chi connectivity index (χ4n) is 3.39. The van der Waals surface area contributed by atoms with Crippen molar-refractivity contribution in [2.45, 2.75) is 39.0 Å². The van der Waals surface area contributed by atoms with E-state index in [-0.39, 0.29) is 0 Å². The molecule has 0 fully saturated rings. The minimum atomic E-state index is -0.835. The summed E-state index contributed by atoms with van der Waals surface area (Å²) >= 11 is 3.43. The lowest BCUT2D eigenvalue weighted by atomic mass is 9.81. The zero-order valence-electron chi connectivity index (χ0n) is 12.0. The summed E-state index contributed by atoms with van der Waals surface area (Å²) in [4.78, 5) is 16.5. The summed E-state index contributed by atoms with van der Waals surface area (Å²) in [5.74, 6) is -0.242. The zero-order valence-corrected chi connectivity index (χ0v) is 13.6. The molecule has 110 valence electrons. The fourth-order valence-corrected chi connectivity index (χ4v) is 3.73. The Labute approximate surface area is 132 Å². The Hall–Kier alpha value is -1.42. The molecule has 21 heavy (non-hydrogen) atoms. The first-order valence-electron chi connectivity index (χ1n) is 7.44. The number of carboxylic acid groups (broad SMARTS) is 1. The average Bonchev–Trinajstić information content (AvgIpc) is 2.44. The lowest BCUT2D eigenvalue weighted by molar-refractivity contribution is 0.0697. The van der Waals surface area contributed by atoms with E-state index in [9.17, 15) is 9.90 Å². The van der Waals surface area contributed by atoms with Crippen molar-refractivity contribution < 1.29 is 9.90 Å². The van der Waals surface area contributed by atoms with Gasteiger partial charge in [-0.15, -0.1) is 0 Å². The van der Waals surface area contributed by atoms with Gasteiger partial charge in [0.1, 0.15) is 0 Å². The maximum Gasteiger partial charge on any atom is 0.336 e. The molecular weight excluding hydrogens is 330 g/mol. The predicted octanol–water partition coefficient (Wildman–Crippen LogP) is 4.60. The monoisotopic (exact) mass is 347 g/mol. The van der Waals surface area contributed by atoms with Gasteiger partial charge in [0.25, 0.3) is 0 Å². The number of rotatable bonds is 3. The molecule has 0 amide bonds. The summed E-state index contributed by atoms with van der Waals surface area (Å²) in [6, 6.07) is 5.65. The largest absolute Gasteiger partial charge is 0.478 e. The molecular formula is C17H18BrNO2. The SMILES string of the molecule is CCCC1CCc2nc3cc(Br)ccc3c(C(=O)O)c2C1. The summed E-state index contributed by atoms with van der Waals surface area (Å²) in [6.07, 6.45) is 5.17. The Morgan fingerprint density at radius 3 is 3.00 bits per heavy atom. The normalized spacial score (nSPS) is 17.7. The summed E-state index contributed by atoms with van der Waals surface area (Å²) in [7, 11) is 0. The van der Waals surface area contributed by atoms with Gasteiger partial charge in [0.05, 0.1) is 11.1 Å². The standard InChI is InChI=1S/C17H18BrNO2/c1-2-3-10-4-7-14-13(8-10)16(17(20)21)12-6-5-11(18)9-15(12)19-14/h5-6,9-10H,2-4,7-8H2,1H3,(H,20,21). The van der Waals surface area contributed by atoms with Crippen molar-refractivity contribution in [3.05, 3.63) is 39.5 Å². The molecule has 1 aromatic heterocycles. The van der Waals surface area contributed by atoms with Gasteiger partial charge in [-0.2, -0.15) is 0 Å². The van der Waals surface area contributed by atoms with Gasteiger partial charge in [0, 0.05) is 15.6 Å². The Morgan fingerprint density at radius 1 is 1.48 bits per heavy atom. The van der Waals surface area contributed by atoms with Crippen LogP contribution in [-0.4, -0.2) is 16.1 Å². The van der Waals surface area contributed by atoms with E-state index in [2.05, 4.69) is 22.9 Å². The van der Waals surface area contributed by atoms with Crippen molar-refractivity contribution in [1.82, 2.24) is 4.98 Å². The van der Waals surface area contributed by atoms with Crippen LogP contribution >= 0.6 is 15.9 Å². The first-order valence-corrected chi connectivity index (χ1v) is 8.23. The van der Waals surface area contributed by atoms with E-state index in [0.717, 1.165) is 58.7 Å². The van der Waals surface area contributed by atoms with Gasteiger partial charge in [0.2, 0.25) is 0 Å². The molecule has 1 aliphatic rings. The molecule has 0 radical (unpaired) electrons. The van der Waals surface area contributed by atoms with Crippen LogP contribution in [0.5, 0.6) is 0 Å². The van der Waals surface area contributed by atoms with E-state index in [0.29, 0.717) is 11.5 Å². The van der Waals surface area contributed by atoms with Gasteiger partial charge in [0.15, 0.2) is 0 Å². The highest BCUT2D eigenvalue weighted by Crippen LogP contribution is 2.34.